The fraction of sp³-hybridized carbons (Fsp3) is 0.231. The van der Waals surface area contributed by atoms with E-state index in [1.807, 2.05) is 43.3 Å². The molecule has 3 heteroatoms. The van der Waals surface area contributed by atoms with E-state index in [1.54, 1.807) is 7.11 Å². The highest BCUT2D eigenvalue weighted by molar-refractivity contribution is 6.29. The zero-order chi connectivity index (χ0) is 11.6. The number of nitrogens with one attached hydrogen (secondary N) is 1. The lowest BCUT2D eigenvalue weighted by Gasteiger charge is -2.31. The first-order valence-corrected chi connectivity index (χ1v) is 5.42. The molecule has 1 aliphatic heterocycles. The van der Waals surface area contributed by atoms with Crippen LogP contribution in [0.3, 0.4) is 0 Å². The van der Waals surface area contributed by atoms with Crippen molar-refractivity contribution in [3.05, 3.63) is 53.2 Å². The summed E-state index contributed by atoms with van der Waals surface area (Å²) < 4.78 is 5.35. The molecule has 1 N–H and O–H groups in total. The molecule has 1 aromatic rings. The molecule has 0 aromatic heterocycles. The molecule has 83 valence electrons. The largest absolute Gasteiger partial charge is 0.496 e. The van der Waals surface area contributed by atoms with Crippen LogP contribution in [0, 0.1) is 6.08 Å². The minimum Gasteiger partial charge on any atom is -0.496 e. The minimum absolute atomic E-state index is 0.352. The normalized spacial score (nSPS) is 23.6. The highest BCUT2D eigenvalue weighted by Gasteiger charge is 2.28. The van der Waals surface area contributed by atoms with Crippen molar-refractivity contribution in [1.29, 1.82) is 0 Å². The maximum Gasteiger partial charge on any atom is 0.124 e. The van der Waals surface area contributed by atoms with E-state index in [0.717, 1.165) is 11.3 Å². The summed E-state index contributed by atoms with van der Waals surface area (Å²) >= 11 is 5.95. The molecule has 0 amide bonds. The summed E-state index contributed by atoms with van der Waals surface area (Å²) in [5.74, 6) is 0.841. The van der Waals surface area contributed by atoms with Crippen LogP contribution in [0.2, 0.25) is 0 Å². The van der Waals surface area contributed by atoms with Crippen molar-refractivity contribution in [1.82, 2.24) is 5.32 Å². The van der Waals surface area contributed by atoms with Gasteiger partial charge in [-0.2, -0.15) is 0 Å². The molecule has 1 aromatic carbocycles. The molecule has 0 saturated heterocycles. The number of rotatable bonds is 2. The van der Waals surface area contributed by atoms with E-state index in [4.69, 9.17) is 16.3 Å². The third-order valence-corrected chi connectivity index (χ3v) is 2.87. The van der Waals surface area contributed by atoms with Gasteiger partial charge >= 0.3 is 0 Å². The van der Waals surface area contributed by atoms with Crippen LogP contribution in [0.25, 0.3) is 0 Å². The Morgan fingerprint density at radius 3 is 2.81 bits per heavy atom. The fourth-order valence-electron chi connectivity index (χ4n) is 1.82. The Morgan fingerprint density at radius 2 is 2.12 bits per heavy atom. The van der Waals surface area contributed by atoms with Crippen molar-refractivity contribution in [2.45, 2.75) is 12.5 Å². The number of halogens is 1. The van der Waals surface area contributed by atoms with Crippen molar-refractivity contribution in [3.63, 3.8) is 0 Å². The van der Waals surface area contributed by atoms with Crippen LogP contribution >= 0.6 is 11.6 Å². The van der Waals surface area contributed by atoms with Crippen molar-refractivity contribution in [2.24, 2.45) is 0 Å². The average Bonchev–Trinajstić information content (AvgIpc) is 2.29. The van der Waals surface area contributed by atoms with Crippen molar-refractivity contribution in [2.75, 3.05) is 7.11 Å². The Kier molecular flexibility index (Phi) is 2.92. The number of allylic oxidation sites excluding steroid dienone is 2. The molecule has 0 aliphatic carbocycles. The molecule has 0 spiro atoms. The van der Waals surface area contributed by atoms with Crippen LogP contribution in [-0.4, -0.2) is 7.11 Å². The molecular weight excluding hydrogens is 222 g/mol. The van der Waals surface area contributed by atoms with Gasteiger partial charge < -0.3 is 10.1 Å². The van der Waals surface area contributed by atoms with Gasteiger partial charge in [-0.3, -0.25) is 0 Å². The van der Waals surface area contributed by atoms with Crippen molar-refractivity contribution < 1.29 is 4.74 Å². The van der Waals surface area contributed by atoms with E-state index in [0.29, 0.717) is 5.16 Å². The van der Waals surface area contributed by atoms with E-state index < -0.39 is 0 Å². The Morgan fingerprint density at radius 1 is 1.38 bits per heavy atom. The van der Waals surface area contributed by atoms with Crippen LogP contribution in [0.4, 0.5) is 0 Å². The summed E-state index contributed by atoms with van der Waals surface area (Å²) in [7, 11) is 1.66. The van der Waals surface area contributed by atoms with Gasteiger partial charge in [0.2, 0.25) is 0 Å². The first-order valence-electron chi connectivity index (χ1n) is 5.04. The molecule has 1 heterocycles. The van der Waals surface area contributed by atoms with Crippen LogP contribution in [0.15, 0.2) is 41.6 Å². The lowest BCUT2D eigenvalue weighted by molar-refractivity contribution is 0.391. The monoisotopic (exact) mass is 234 g/mol. The Bertz CT molecular complexity index is 453. The molecule has 16 heavy (non-hydrogen) atoms. The second-order valence-electron chi connectivity index (χ2n) is 3.82. The highest BCUT2D eigenvalue weighted by atomic mass is 35.5. The molecule has 0 fully saturated rings. The molecule has 2 rings (SSSR count). The van der Waals surface area contributed by atoms with Gasteiger partial charge in [0, 0.05) is 11.6 Å². The average molecular weight is 235 g/mol. The van der Waals surface area contributed by atoms with Crippen LogP contribution in [0.5, 0.6) is 5.75 Å². The molecule has 0 saturated carbocycles. The number of hydrogen-bond acceptors (Lipinski definition) is 2. The number of ether oxygens (including phenoxy) is 1. The van der Waals surface area contributed by atoms with Gasteiger partial charge in [-0.1, -0.05) is 42.0 Å². The molecule has 0 bridgehead atoms. The standard InChI is InChI=1S/C13H13ClNO/c1-13(9-5-8-12(14)15-13)10-6-3-4-7-11(10)16-2/h3-7,9,15H,1-2H3. The zero-order valence-corrected chi connectivity index (χ0v) is 10.0. The van der Waals surface area contributed by atoms with E-state index >= 15 is 0 Å². The number of para-hydroxylation sites is 1. The van der Waals surface area contributed by atoms with E-state index in [2.05, 4.69) is 11.4 Å². The lowest BCUT2D eigenvalue weighted by Crippen LogP contribution is -2.37. The maximum absolute atomic E-state index is 5.95. The highest BCUT2D eigenvalue weighted by Crippen LogP contribution is 2.33. The van der Waals surface area contributed by atoms with Gasteiger partial charge in [-0.15, -0.1) is 0 Å². The topological polar surface area (TPSA) is 21.3 Å². The van der Waals surface area contributed by atoms with Crippen LogP contribution in [0.1, 0.15) is 12.5 Å². The quantitative estimate of drug-likeness (QED) is 0.795. The third-order valence-electron chi connectivity index (χ3n) is 2.66. The summed E-state index contributed by atoms with van der Waals surface area (Å²) in [6.07, 6.45) is 6.73. The molecule has 1 unspecified atom stereocenters. The van der Waals surface area contributed by atoms with Gasteiger partial charge in [0.1, 0.15) is 10.9 Å². The second kappa shape index (κ2) is 4.22. The van der Waals surface area contributed by atoms with E-state index in [-0.39, 0.29) is 5.54 Å². The number of benzene rings is 1. The smallest absolute Gasteiger partial charge is 0.124 e. The van der Waals surface area contributed by atoms with Gasteiger partial charge in [0.05, 0.1) is 12.6 Å². The Balaban J connectivity index is 2.44. The first-order chi connectivity index (χ1) is 7.65. The van der Waals surface area contributed by atoms with Gasteiger partial charge in [0.15, 0.2) is 0 Å². The van der Waals surface area contributed by atoms with Crippen LogP contribution in [-0.2, 0) is 5.54 Å². The Labute approximate surface area is 101 Å². The number of hydrogen-bond donors (Lipinski definition) is 1. The number of dihydropyridines is 1. The second-order valence-corrected chi connectivity index (χ2v) is 4.20. The number of methoxy groups -OCH3 is 1. The van der Waals surface area contributed by atoms with Gasteiger partial charge in [0.25, 0.3) is 0 Å². The fourth-order valence-corrected chi connectivity index (χ4v) is 2.08. The minimum atomic E-state index is -0.352. The lowest BCUT2D eigenvalue weighted by atomic mass is 9.89. The van der Waals surface area contributed by atoms with Gasteiger partial charge in [-0.25, -0.2) is 0 Å². The van der Waals surface area contributed by atoms with Crippen LogP contribution < -0.4 is 10.1 Å². The molecule has 2 nitrogen and oxygen atoms in total. The summed E-state index contributed by atoms with van der Waals surface area (Å²) in [6.45, 7) is 2.05. The summed E-state index contributed by atoms with van der Waals surface area (Å²) in [4.78, 5) is 0. The first kappa shape index (κ1) is 11.1. The molecule has 1 aliphatic rings. The van der Waals surface area contributed by atoms with E-state index in [9.17, 15) is 0 Å². The SMILES string of the molecule is COc1ccccc1C1(C)C=C[C]=C(Cl)N1. The van der Waals surface area contributed by atoms with Gasteiger partial charge in [-0.05, 0) is 13.0 Å². The van der Waals surface area contributed by atoms with E-state index in [1.165, 1.54) is 0 Å². The molecule has 1 atom stereocenters. The zero-order valence-electron chi connectivity index (χ0n) is 9.25. The van der Waals surface area contributed by atoms with Crippen molar-refractivity contribution in [3.8, 4) is 5.75 Å². The molecular formula is C13H13ClNO. The summed E-state index contributed by atoms with van der Waals surface area (Å²) in [6, 6.07) is 7.88. The summed E-state index contributed by atoms with van der Waals surface area (Å²) in [5.41, 5.74) is 0.697. The maximum atomic E-state index is 5.95. The Hall–Kier alpha value is -1.41. The summed E-state index contributed by atoms with van der Waals surface area (Å²) in [5, 5.41) is 3.70. The predicted molar refractivity (Wildman–Crippen MR) is 65.2 cm³/mol. The molecule has 1 radical (unpaired) electrons. The predicted octanol–water partition coefficient (Wildman–Crippen LogP) is 2.95. The third kappa shape index (κ3) is 1.93. The van der Waals surface area contributed by atoms with Crippen molar-refractivity contribution >= 4 is 11.6 Å².